The molecule has 1 amide bonds. The van der Waals surface area contributed by atoms with Gasteiger partial charge in [-0.3, -0.25) is 4.79 Å². The van der Waals surface area contributed by atoms with E-state index in [1.165, 1.54) is 13.8 Å². The second-order valence-corrected chi connectivity index (χ2v) is 8.12. The van der Waals surface area contributed by atoms with Crippen molar-refractivity contribution in [3.63, 3.8) is 0 Å². The molecule has 0 saturated carbocycles. The van der Waals surface area contributed by atoms with Gasteiger partial charge >= 0.3 is 5.97 Å². The van der Waals surface area contributed by atoms with E-state index in [9.17, 15) is 14.7 Å². The number of nitrogens with zero attached hydrogens (tertiary/aromatic N) is 2. The number of halogens is 1. The Bertz CT molecular complexity index is 859. The topological polar surface area (TPSA) is 70.1 Å². The number of carboxylic acids is 1. The van der Waals surface area contributed by atoms with Crippen LogP contribution < -0.4 is 9.64 Å². The maximum atomic E-state index is 12.6. The van der Waals surface area contributed by atoms with E-state index in [1.54, 1.807) is 6.07 Å². The van der Waals surface area contributed by atoms with E-state index >= 15 is 0 Å². The largest absolute Gasteiger partial charge is 0.478 e. The number of aliphatic carboxylic acids is 1. The van der Waals surface area contributed by atoms with Gasteiger partial charge in [0.2, 0.25) is 0 Å². The Balaban J connectivity index is 1.63. The van der Waals surface area contributed by atoms with E-state index in [-0.39, 0.29) is 5.91 Å². The third-order valence-electron chi connectivity index (χ3n) is 4.73. The first-order valence-corrected chi connectivity index (χ1v) is 9.88. The Morgan fingerprint density at radius 1 is 1.04 bits per heavy atom. The summed E-state index contributed by atoms with van der Waals surface area (Å²) >= 11 is 3.38. The number of hydrogen-bond donors (Lipinski definition) is 1. The van der Waals surface area contributed by atoms with Crippen molar-refractivity contribution in [2.45, 2.75) is 19.4 Å². The van der Waals surface area contributed by atoms with Gasteiger partial charge in [0.15, 0.2) is 5.60 Å². The van der Waals surface area contributed by atoms with Crippen LogP contribution >= 0.6 is 15.9 Å². The van der Waals surface area contributed by atoms with Crippen molar-refractivity contribution < 1.29 is 19.4 Å². The van der Waals surface area contributed by atoms with Gasteiger partial charge in [-0.15, -0.1) is 0 Å². The number of benzene rings is 2. The maximum absolute atomic E-state index is 12.6. The number of ether oxygens (including phenoxy) is 1. The highest BCUT2D eigenvalue weighted by Gasteiger charge is 2.29. The van der Waals surface area contributed by atoms with Gasteiger partial charge in [0.05, 0.1) is 0 Å². The number of anilines is 1. The summed E-state index contributed by atoms with van der Waals surface area (Å²) in [6.45, 7) is 5.70. The average molecular weight is 447 g/mol. The van der Waals surface area contributed by atoms with Gasteiger partial charge in [-0.2, -0.15) is 0 Å². The zero-order valence-corrected chi connectivity index (χ0v) is 17.5. The van der Waals surface area contributed by atoms with E-state index in [0.717, 1.165) is 10.2 Å². The molecule has 0 bridgehead atoms. The molecule has 0 aromatic heterocycles. The number of carbonyl (C=O) groups excluding carboxylic acids is 1. The summed E-state index contributed by atoms with van der Waals surface area (Å²) in [4.78, 5) is 27.9. The van der Waals surface area contributed by atoms with Crippen LogP contribution in [-0.4, -0.2) is 53.7 Å². The Hall–Kier alpha value is -2.54. The molecular formula is C21H23BrN2O4. The molecule has 0 unspecified atom stereocenters. The normalized spacial score (nSPS) is 14.7. The molecule has 1 aliphatic rings. The van der Waals surface area contributed by atoms with Crippen LogP contribution in [0.25, 0.3) is 0 Å². The summed E-state index contributed by atoms with van der Waals surface area (Å²) in [5.41, 5.74) is 0.339. The summed E-state index contributed by atoms with van der Waals surface area (Å²) in [6.07, 6.45) is 0. The SMILES string of the molecule is CC(C)(Oc1cccc(N2CCN(C(=O)c3ccc(Br)cc3)CC2)c1)C(=O)O. The molecule has 0 spiro atoms. The summed E-state index contributed by atoms with van der Waals surface area (Å²) in [5, 5.41) is 9.24. The van der Waals surface area contributed by atoms with E-state index in [4.69, 9.17) is 4.74 Å². The highest BCUT2D eigenvalue weighted by Crippen LogP contribution is 2.26. The molecule has 7 heteroatoms. The fourth-order valence-electron chi connectivity index (χ4n) is 3.02. The molecular weight excluding hydrogens is 424 g/mol. The lowest BCUT2D eigenvalue weighted by Gasteiger charge is -2.36. The number of hydrogen-bond acceptors (Lipinski definition) is 4. The third kappa shape index (κ3) is 4.65. The number of piperazine rings is 1. The zero-order valence-electron chi connectivity index (χ0n) is 15.9. The van der Waals surface area contributed by atoms with E-state index in [2.05, 4.69) is 20.8 Å². The van der Waals surface area contributed by atoms with E-state index in [0.29, 0.717) is 37.5 Å². The lowest BCUT2D eigenvalue weighted by molar-refractivity contribution is -0.152. The van der Waals surface area contributed by atoms with Crippen molar-refractivity contribution in [3.8, 4) is 5.75 Å². The van der Waals surface area contributed by atoms with Gasteiger partial charge in [-0.05, 0) is 50.2 Å². The highest BCUT2D eigenvalue weighted by molar-refractivity contribution is 9.10. The monoisotopic (exact) mass is 446 g/mol. The van der Waals surface area contributed by atoms with Crippen molar-refractivity contribution in [2.75, 3.05) is 31.1 Å². The predicted octanol–water partition coefficient (Wildman–Crippen LogP) is 3.65. The first kappa shape index (κ1) is 20.2. The van der Waals surface area contributed by atoms with Crippen molar-refractivity contribution in [2.24, 2.45) is 0 Å². The van der Waals surface area contributed by atoms with Gasteiger partial charge in [0.1, 0.15) is 5.75 Å². The second kappa shape index (κ2) is 8.22. The summed E-state index contributed by atoms with van der Waals surface area (Å²) in [5.74, 6) is -0.469. The van der Waals surface area contributed by atoms with Crippen molar-refractivity contribution in [3.05, 3.63) is 58.6 Å². The smallest absolute Gasteiger partial charge is 0.347 e. The molecule has 28 heavy (non-hydrogen) atoms. The minimum absolute atomic E-state index is 0.0347. The standard InChI is InChI=1S/C21H23BrN2O4/c1-21(2,20(26)27)28-18-5-3-4-17(14-18)23-10-12-24(13-11-23)19(25)15-6-8-16(22)9-7-15/h3-9,14H,10-13H2,1-2H3,(H,26,27). The van der Waals surface area contributed by atoms with Crippen molar-refractivity contribution in [1.29, 1.82) is 0 Å². The highest BCUT2D eigenvalue weighted by atomic mass is 79.9. The van der Waals surface area contributed by atoms with Gasteiger partial charge in [0, 0.05) is 48.0 Å². The van der Waals surface area contributed by atoms with Crippen LogP contribution in [0.15, 0.2) is 53.0 Å². The van der Waals surface area contributed by atoms with Gasteiger partial charge in [0.25, 0.3) is 5.91 Å². The first-order valence-electron chi connectivity index (χ1n) is 9.08. The quantitative estimate of drug-likeness (QED) is 0.758. The average Bonchev–Trinajstić information content (AvgIpc) is 2.68. The molecule has 2 aromatic rings. The molecule has 1 aliphatic heterocycles. The molecule has 1 N–H and O–H groups in total. The predicted molar refractivity (Wildman–Crippen MR) is 111 cm³/mol. The minimum atomic E-state index is -1.30. The molecule has 1 saturated heterocycles. The Kier molecular flexibility index (Phi) is 5.93. The molecule has 6 nitrogen and oxygen atoms in total. The van der Waals surface area contributed by atoms with Crippen LogP contribution in [-0.2, 0) is 4.79 Å². The van der Waals surface area contributed by atoms with Gasteiger partial charge in [-0.25, -0.2) is 4.79 Å². The van der Waals surface area contributed by atoms with Crippen LogP contribution in [0.5, 0.6) is 5.75 Å². The number of rotatable bonds is 5. The lowest BCUT2D eigenvalue weighted by atomic mass is 10.1. The van der Waals surface area contributed by atoms with Crippen LogP contribution in [0, 0.1) is 0 Å². The first-order chi connectivity index (χ1) is 13.3. The summed E-state index contributed by atoms with van der Waals surface area (Å²) in [7, 11) is 0. The number of carbonyl (C=O) groups is 2. The molecule has 0 atom stereocenters. The van der Waals surface area contributed by atoms with Crippen molar-refractivity contribution >= 4 is 33.5 Å². The Labute approximate surface area is 172 Å². The summed E-state index contributed by atoms with van der Waals surface area (Å²) < 4.78 is 6.57. The molecule has 1 heterocycles. The van der Waals surface area contributed by atoms with Crippen LogP contribution in [0.3, 0.4) is 0 Å². The van der Waals surface area contributed by atoms with Crippen molar-refractivity contribution in [1.82, 2.24) is 4.90 Å². The molecule has 148 valence electrons. The fraction of sp³-hybridized carbons (Fsp3) is 0.333. The Morgan fingerprint density at radius 2 is 1.68 bits per heavy atom. The fourth-order valence-corrected chi connectivity index (χ4v) is 3.29. The van der Waals surface area contributed by atoms with Gasteiger partial charge < -0.3 is 19.6 Å². The molecule has 0 radical (unpaired) electrons. The van der Waals surface area contributed by atoms with E-state index < -0.39 is 11.6 Å². The van der Waals surface area contributed by atoms with E-state index in [1.807, 2.05) is 47.4 Å². The van der Waals surface area contributed by atoms with Gasteiger partial charge in [-0.1, -0.05) is 22.0 Å². The van der Waals surface area contributed by atoms with Crippen LogP contribution in [0.1, 0.15) is 24.2 Å². The third-order valence-corrected chi connectivity index (χ3v) is 5.26. The molecule has 0 aliphatic carbocycles. The minimum Gasteiger partial charge on any atom is -0.478 e. The zero-order chi connectivity index (χ0) is 20.3. The molecule has 3 rings (SSSR count). The molecule has 1 fully saturated rings. The second-order valence-electron chi connectivity index (χ2n) is 7.20. The summed E-state index contributed by atoms with van der Waals surface area (Å²) in [6, 6.07) is 14.8. The lowest BCUT2D eigenvalue weighted by Crippen LogP contribution is -2.48. The van der Waals surface area contributed by atoms with Crippen LogP contribution in [0.4, 0.5) is 5.69 Å². The Morgan fingerprint density at radius 3 is 2.29 bits per heavy atom. The van der Waals surface area contributed by atoms with Crippen LogP contribution in [0.2, 0.25) is 0 Å². The molecule has 2 aromatic carbocycles. The number of carboxylic acid groups (broad SMARTS) is 1. The maximum Gasteiger partial charge on any atom is 0.347 e. The number of amides is 1.